The van der Waals surface area contributed by atoms with Crippen molar-refractivity contribution in [3.63, 3.8) is 0 Å². The quantitative estimate of drug-likeness (QED) is 0.212. The Morgan fingerprint density at radius 2 is 0.214 bits per heavy atom. The number of alkyl halides is 37. The SMILES string of the molecule is FC1C(F)(F)C(F)(F)C(F)(F)C(F)(F)C(F)(F)C(F)(F)C(F)(F)C(F)(F)C(F)(F)C(F)(F)C(F)(F)C(F)(F)C(F)(F)C(F)(F)C(F)(F)C(F)(F)C(F)(F)C1(F)F. The molecule has 336 valence electrons. The van der Waals surface area contributed by atoms with Gasteiger partial charge in [-0.05, 0) is 0 Å². The van der Waals surface area contributed by atoms with E-state index in [4.69, 9.17) is 0 Å². The van der Waals surface area contributed by atoms with Crippen molar-refractivity contribution >= 4 is 0 Å². The maximum Gasteiger partial charge on any atom is 0.385 e. The standard InChI is InChI=1S/C19HF37/c20-1-2(21,22)4(25,26)6(29,30)8(33,34)10(37,38)12(41,42)14(45,46)16(49,50)18(53,54)19(55,56)17(51,52)15(47,48)13(43,44)11(39,40)9(35,36)7(31,32)5(27,28)3(1,23)24/h1H. The van der Waals surface area contributed by atoms with Gasteiger partial charge in [0, 0.05) is 0 Å². The fourth-order valence-corrected chi connectivity index (χ4v) is 3.72. The molecule has 0 saturated heterocycles. The van der Waals surface area contributed by atoms with E-state index in [1.165, 1.54) is 0 Å². The first-order chi connectivity index (χ1) is 23.4. The van der Waals surface area contributed by atoms with Crippen molar-refractivity contribution in [2.75, 3.05) is 0 Å². The fraction of sp³-hybridized carbons (Fsp3) is 1.00. The summed E-state index contributed by atoms with van der Waals surface area (Å²) in [6.45, 7) is 0. The highest BCUT2D eigenvalue weighted by molar-refractivity contribution is 5.24. The van der Waals surface area contributed by atoms with E-state index in [1.807, 2.05) is 0 Å². The monoisotopic (exact) mass is 932 g/mol. The van der Waals surface area contributed by atoms with E-state index in [1.54, 1.807) is 0 Å². The van der Waals surface area contributed by atoms with Crippen molar-refractivity contribution in [1.82, 2.24) is 0 Å². The van der Waals surface area contributed by atoms with Crippen LogP contribution in [0.25, 0.3) is 0 Å². The van der Waals surface area contributed by atoms with Crippen LogP contribution >= 0.6 is 0 Å². The van der Waals surface area contributed by atoms with Crippen LogP contribution < -0.4 is 0 Å². The summed E-state index contributed by atoms with van der Waals surface area (Å²) in [6.07, 6.45) is -8.46. The summed E-state index contributed by atoms with van der Waals surface area (Å²) >= 11 is 0. The van der Waals surface area contributed by atoms with Crippen molar-refractivity contribution < 1.29 is 162 Å². The van der Waals surface area contributed by atoms with E-state index in [9.17, 15) is 162 Å². The number of hydrogen-bond acceptors (Lipinski definition) is 0. The van der Waals surface area contributed by atoms with Gasteiger partial charge in [0.1, 0.15) is 0 Å². The molecule has 56 heavy (non-hydrogen) atoms. The molecule has 0 aromatic carbocycles. The third-order valence-corrected chi connectivity index (χ3v) is 7.39. The number of halogens is 37. The van der Waals surface area contributed by atoms with Crippen molar-refractivity contribution in [2.45, 2.75) is 113 Å². The van der Waals surface area contributed by atoms with Crippen LogP contribution in [-0.2, 0) is 0 Å². The average Bonchev–Trinajstić information content (AvgIpc) is 2.98. The van der Waals surface area contributed by atoms with Gasteiger partial charge in [0.25, 0.3) is 0 Å². The lowest BCUT2D eigenvalue weighted by atomic mass is 9.82. The summed E-state index contributed by atoms with van der Waals surface area (Å²) in [4.78, 5) is 0. The molecule has 0 spiro atoms. The van der Waals surface area contributed by atoms with E-state index >= 15 is 0 Å². The predicted octanol–water partition coefficient (Wildman–Crippen LogP) is 11.8. The van der Waals surface area contributed by atoms with Gasteiger partial charge in [0.05, 0.1) is 0 Å². The van der Waals surface area contributed by atoms with Gasteiger partial charge in [-0.2, -0.15) is 158 Å². The maximum absolute atomic E-state index is 13.8. The molecular formula is C19HF37. The second-order valence-corrected chi connectivity index (χ2v) is 10.8. The molecule has 0 heterocycles. The zero-order valence-electron chi connectivity index (χ0n) is 23.6. The molecule has 1 saturated carbocycles. The van der Waals surface area contributed by atoms with Gasteiger partial charge < -0.3 is 0 Å². The lowest BCUT2D eigenvalue weighted by Gasteiger charge is -2.47. The Morgan fingerprint density at radius 3 is 0.304 bits per heavy atom. The van der Waals surface area contributed by atoms with Crippen LogP contribution in [0, 0.1) is 0 Å². The lowest BCUT2D eigenvalue weighted by Crippen LogP contribution is -2.80. The highest BCUT2D eigenvalue weighted by atomic mass is 19.4. The van der Waals surface area contributed by atoms with Crippen LogP contribution in [0.3, 0.4) is 0 Å². The first-order valence-corrected chi connectivity index (χ1v) is 11.8. The zero-order chi connectivity index (χ0) is 46.6. The molecule has 0 amide bonds. The molecule has 0 bridgehead atoms. The highest BCUT2D eigenvalue weighted by Gasteiger charge is 3.03. The van der Waals surface area contributed by atoms with Gasteiger partial charge in [-0.25, -0.2) is 4.39 Å². The van der Waals surface area contributed by atoms with Crippen molar-refractivity contribution in [2.24, 2.45) is 0 Å². The summed E-state index contributed by atoms with van der Waals surface area (Å²) < 4.78 is 512. The third kappa shape index (κ3) is 4.95. The van der Waals surface area contributed by atoms with Gasteiger partial charge in [-0.1, -0.05) is 0 Å². The fourth-order valence-electron chi connectivity index (χ4n) is 3.72. The highest BCUT2D eigenvalue weighted by Crippen LogP contribution is 2.71. The van der Waals surface area contributed by atoms with E-state index in [2.05, 4.69) is 0 Å². The van der Waals surface area contributed by atoms with Gasteiger partial charge in [-0.15, -0.1) is 0 Å². The predicted molar refractivity (Wildman–Crippen MR) is 93.9 cm³/mol. The smallest absolute Gasteiger partial charge is 0.234 e. The summed E-state index contributed by atoms with van der Waals surface area (Å²) in [5, 5.41) is 0. The molecule has 1 aliphatic carbocycles. The number of hydrogen-bond donors (Lipinski definition) is 0. The largest absolute Gasteiger partial charge is 0.385 e. The van der Waals surface area contributed by atoms with Crippen LogP contribution in [0.15, 0.2) is 0 Å². The maximum atomic E-state index is 13.8. The molecule has 0 aromatic heterocycles. The normalized spacial score (nSPS) is 33.8. The van der Waals surface area contributed by atoms with Crippen LogP contribution in [-0.4, -0.2) is 113 Å². The summed E-state index contributed by atoms with van der Waals surface area (Å²) in [6, 6.07) is 0. The topological polar surface area (TPSA) is 0 Å². The van der Waals surface area contributed by atoms with Crippen molar-refractivity contribution in [1.29, 1.82) is 0 Å². The summed E-state index contributed by atoms with van der Waals surface area (Å²) in [5.74, 6) is -184. The van der Waals surface area contributed by atoms with E-state index in [-0.39, 0.29) is 0 Å². The minimum atomic E-state index is -10.4. The molecule has 0 atom stereocenters. The minimum Gasteiger partial charge on any atom is -0.234 e. The first kappa shape index (κ1) is 51.4. The molecule has 0 unspecified atom stereocenters. The zero-order valence-corrected chi connectivity index (χ0v) is 23.6. The van der Waals surface area contributed by atoms with Gasteiger partial charge >= 0.3 is 107 Å². The van der Waals surface area contributed by atoms with Gasteiger partial charge in [0.2, 0.25) is 6.17 Å². The molecule has 1 aliphatic rings. The minimum absolute atomic E-state index is 8.46. The second kappa shape index (κ2) is 11.8. The van der Waals surface area contributed by atoms with Crippen LogP contribution in [0.5, 0.6) is 0 Å². The molecule has 0 aliphatic heterocycles. The average molecular weight is 932 g/mol. The molecule has 0 N–H and O–H groups in total. The molecule has 0 radical (unpaired) electrons. The number of rotatable bonds is 0. The summed E-state index contributed by atoms with van der Waals surface area (Å²) in [7, 11) is 0. The molecule has 0 nitrogen and oxygen atoms in total. The van der Waals surface area contributed by atoms with Crippen molar-refractivity contribution in [3.05, 3.63) is 0 Å². The Morgan fingerprint density at radius 1 is 0.143 bits per heavy atom. The molecular weight excluding hydrogens is 931 g/mol. The molecule has 0 aromatic rings. The van der Waals surface area contributed by atoms with Crippen molar-refractivity contribution in [3.8, 4) is 0 Å². The van der Waals surface area contributed by atoms with E-state index in [0.717, 1.165) is 0 Å². The van der Waals surface area contributed by atoms with Gasteiger partial charge in [0.15, 0.2) is 0 Å². The third-order valence-electron chi connectivity index (χ3n) is 7.39. The van der Waals surface area contributed by atoms with E-state index < -0.39 is 113 Å². The van der Waals surface area contributed by atoms with Gasteiger partial charge in [-0.3, -0.25) is 0 Å². The second-order valence-electron chi connectivity index (χ2n) is 10.8. The Bertz CT molecular complexity index is 1380. The Hall–Kier alpha value is -2.59. The first-order valence-electron chi connectivity index (χ1n) is 11.8. The van der Waals surface area contributed by atoms with Crippen LogP contribution in [0.2, 0.25) is 0 Å². The van der Waals surface area contributed by atoms with E-state index in [0.29, 0.717) is 0 Å². The van der Waals surface area contributed by atoms with Crippen LogP contribution in [0.1, 0.15) is 0 Å². The Kier molecular flexibility index (Phi) is 10.8. The summed E-state index contributed by atoms with van der Waals surface area (Å²) in [5.41, 5.74) is 0. The molecule has 1 fully saturated rings. The molecule has 37 heteroatoms. The lowest BCUT2D eigenvalue weighted by molar-refractivity contribution is -0.490. The van der Waals surface area contributed by atoms with Crippen LogP contribution in [0.4, 0.5) is 162 Å². The molecule has 1 rings (SSSR count). The Balaban J connectivity index is 4.92. The Labute approximate surface area is 276 Å².